The van der Waals surface area contributed by atoms with Crippen LogP contribution < -0.4 is 11.1 Å². The molecule has 2 saturated carbocycles. The molecule has 19 heavy (non-hydrogen) atoms. The number of hydrogen-bond donors (Lipinski definition) is 3. The van der Waals surface area contributed by atoms with Crippen LogP contribution in [0.5, 0.6) is 0 Å². The zero-order chi connectivity index (χ0) is 14.2. The number of carbonyl (C=O) groups excluding carboxylic acids is 1. The van der Waals surface area contributed by atoms with Gasteiger partial charge in [-0.1, -0.05) is 13.8 Å². The molecule has 2 bridgehead atoms. The Morgan fingerprint density at radius 1 is 1.32 bits per heavy atom. The first-order chi connectivity index (χ1) is 8.90. The number of amides is 1. The monoisotopic (exact) mass is 268 g/mol. The van der Waals surface area contributed by atoms with Gasteiger partial charge in [0.05, 0.1) is 5.92 Å². The Hall–Kier alpha value is -1.10. The molecule has 2 fully saturated rings. The summed E-state index contributed by atoms with van der Waals surface area (Å²) >= 11 is 0. The van der Waals surface area contributed by atoms with Crippen LogP contribution >= 0.6 is 0 Å². The molecule has 4 N–H and O–H groups in total. The van der Waals surface area contributed by atoms with Crippen LogP contribution in [0.25, 0.3) is 0 Å². The van der Waals surface area contributed by atoms with E-state index in [-0.39, 0.29) is 36.2 Å². The number of rotatable bonds is 5. The molecule has 0 saturated heterocycles. The van der Waals surface area contributed by atoms with E-state index in [2.05, 4.69) is 5.32 Å². The van der Waals surface area contributed by atoms with Crippen LogP contribution in [0.15, 0.2) is 0 Å². The Morgan fingerprint density at radius 2 is 1.95 bits per heavy atom. The zero-order valence-electron chi connectivity index (χ0n) is 11.6. The van der Waals surface area contributed by atoms with E-state index in [1.165, 1.54) is 0 Å². The third-order valence-electron chi connectivity index (χ3n) is 4.81. The second-order valence-electron chi connectivity index (χ2n) is 6.40. The molecular weight excluding hydrogens is 244 g/mol. The molecule has 0 aromatic heterocycles. The Morgan fingerprint density at radius 3 is 2.53 bits per heavy atom. The zero-order valence-corrected chi connectivity index (χ0v) is 11.6. The van der Waals surface area contributed by atoms with E-state index in [9.17, 15) is 14.7 Å². The van der Waals surface area contributed by atoms with Gasteiger partial charge in [-0.2, -0.15) is 0 Å². The van der Waals surface area contributed by atoms with Crippen LogP contribution in [0.3, 0.4) is 0 Å². The standard InChI is InChI=1S/C14H24N2O3/c1-7(2)10(15)6-11(17)16-13-9-4-3-8(5-9)12(13)14(18)19/h7-10,12-13H,3-6,15H2,1-2H3,(H,16,17)(H,18,19). The Labute approximate surface area is 113 Å². The van der Waals surface area contributed by atoms with E-state index in [4.69, 9.17) is 5.73 Å². The molecule has 5 nitrogen and oxygen atoms in total. The van der Waals surface area contributed by atoms with Crippen molar-refractivity contribution in [1.82, 2.24) is 5.32 Å². The summed E-state index contributed by atoms with van der Waals surface area (Å²) in [6, 6.07) is -0.356. The summed E-state index contributed by atoms with van der Waals surface area (Å²) < 4.78 is 0. The number of aliphatic carboxylic acids is 1. The summed E-state index contributed by atoms with van der Waals surface area (Å²) in [5.41, 5.74) is 5.88. The number of carbonyl (C=O) groups is 2. The van der Waals surface area contributed by atoms with Gasteiger partial charge in [0.15, 0.2) is 0 Å². The van der Waals surface area contributed by atoms with Crippen molar-refractivity contribution in [2.24, 2.45) is 29.4 Å². The molecule has 0 aromatic carbocycles. The molecule has 2 aliphatic rings. The summed E-state index contributed by atoms with van der Waals surface area (Å²) in [6.07, 6.45) is 3.24. The maximum absolute atomic E-state index is 12.0. The Balaban J connectivity index is 1.94. The number of hydrogen-bond acceptors (Lipinski definition) is 3. The third-order valence-corrected chi connectivity index (χ3v) is 4.81. The van der Waals surface area contributed by atoms with Crippen molar-refractivity contribution >= 4 is 11.9 Å². The fourth-order valence-corrected chi connectivity index (χ4v) is 3.55. The first kappa shape index (κ1) is 14.3. The van der Waals surface area contributed by atoms with Crippen molar-refractivity contribution in [3.05, 3.63) is 0 Å². The normalized spacial score (nSPS) is 34.5. The van der Waals surface area contributed by atoms with E-state index >= 15 is 0 Å². The molecule has 0 aliphatic heterocycles. The number of carboxylic acids is 1. The highest BCUT2D eigenvalue weighted by atomic mass is 16.4. The van der Waals surface area contributed by atoms with Gasteiger partial charge in [0.2, 0.25) is 5.91 Å². The third kappa shape index (κ3) is 2.91. The minimum absolute atomic E-state index is 0.106. The fraction of sp³-hybridized carbons (Fsp3) is 0.857. The van der Waals surface area contributed by atoms with Crippen LogP contribution in [0, 0.1) is 23.7 Å². The van der Waals surface area contributed by atoms with Crippen molar-refractivity contribution in [2.45, 2.75) is 51.6 Å². The number of nitrogens with one attached hydrogen (secondary N) is 1. The Bertz CT molecular complexity index is 370. The summed E-state index contributed by atoms with van der Waals surface area (Å²) in [4.78, 5) is 23.3. The van der Waals surface area contributed by atoms with Gasteiger partial charge in [-0.3, -0.25) is 9.59 Å². The van der Waals surface area contributed by atoms with Gasteiger partial charge in [-0.15, -0.1) is 0 Å². The number of fused-ring (bicyclic) bond motifs is 2. The minimum atomic E-state index is -0.773. The highest BCUT2D eigenvalue weighted by molar-refractivity contribution is 5.79. The first-order valence-corrected chi connectivity index (χ1v) is 7.18. The van der Waals surface area contributed by atoms with Crippen molar-refractivity contribution < 1.29 is 14.7 Å². The smallest absolute Gasteiger partial charge is 0.308 e. The lowest BCUT2D eigenvalue weighted by atomic mass is 9.84. The second kappa shape index (κ2) is 5.49. The first-order valence-electron chi connectivity index (χ1n) is 7.18. The average molecular weight is 268 g/mol. The molecule has 1 amide bonds. The molecule has 5 unspecified atom stereocenters. The van der Waals surface area contributed by atoms with Gasteiger partial charge < -0.3 is 16.2 Å². The molecule has 2 aliphatic carbocycles. The van der Waals surface area contributed by atoms with Gasteiger partial charge in [0.1, 0.15) is 0 Å². The Kier molecular flexibility index (Phi) is 4.13. The molecule has 108 valence electrons. The predicted molar refractivity (Wildman–Crippen MR) is 71.3 cm³/mol. The molecular formula is C14H24N2O3. The molecule has 0 radical (unpaired) electrons. The van der Waals surface area contributed by atoms with Crippen LogP contribution in [0.4, 0.5) is 0 Å². The lowest BCUT2D eigenvalue weighted by molar-refractivity contribution is -0.144. The van der Waals surface area contributed by atoms with E-state index in [1.54, 1.807) is 0 Å². The van der Waals surface area contributed by atoms with Gasteiger partial charge in [0.25, 0.3) is 0 Å². The van der Waals surface area contributed by atoms with E-state index in [0.717, 1.165) is 19.3 Å². The van der Waals surface area contributed by atoms with Crippen molar-refractivity contribution in [1.29, 1.82) is 0 Å². The summed E-state index contributed by atoms with van der Waals surface area (Å²) in [5, 5.41) is 12.2. The van der Waals surface area contributed by atoms with Gasteiger partial charge in [-0.25, -0.2) is 0 Å². The second-order valence-corrected chi connectivity index (χ2v) is 6.40. The summed E-state index contributed by atoms with van der Waals surface area (Å²) in [7, 11) is 0. The van der Waals surface area contributed by atoms with Crippen molar-refractivity contribution in [3.8, 4) is 0 Å². The summed E-state index contributed by atoms with van der Waals surface area (Å²) in [5.74, 6) is -0.452. The molecule has 0 aromatic rings. The molecule has 0 spiro atoms. The molecule has 5 heteroatoms. The van der Waals surface area contributed by atoms with Gasteiger partial charge >= 0.3 is 5.97 Å². The molecule has 5 atom stereocenters. The van der Waals surface area contributed by atoms with Gasteiger partial charge in [0, 0.05) is 18.5 Å². The van der Waals surface area contributed by atoms with Crippen molar-refractivity contribution in [3.63, 3.8) is 0 Å². The lowest BCUT2D eigenvalue weighted by Crippen LogP contribution is -2.48. The SMILES string of the molecule is CC(C)C(N)CC(=O)NC1C2CCC(C2)C1C(=O)O. The van der Waals surface area contributed by atoms with Crippen LogP contribution in [0.2, 0.25) is 0 Å². The topological polar surface area (TPSA) is 92.4 Å². The van der Waals surface area contributed by atoms with Crippen LogP contribution in [0.1, 0.15) is 39.5 Å². The fourth-order valence-electron chi connectivity index (χ4n) is 3.55. The summed E-state index contributed by atoms with van der Waals surface area (Å²) in [6.45, 7) is 3.96. The lowest BCUT2D eigenvalue weighted by Gasteiger charge is -2.29. The highest BCUT2D eigenvalue weighted by Gasteiger charge is 2.51. The van der Waals surface area contributed by atoms with E-state index in [0.29, 0.717) is 5.92 Å². The number of nitrogens with two attached hydrogens (primary N) is 1. The quantitative estimate of drug-likeness (QED) is 0.693. The van der Waals surface area contributed by atoms with Crippen LogP contribution in [-0.2, 0) is 9.59 Å². The predicted octanol–water partition coefficient (Wildman–Crippen LogP) is 0.975. The highest BCUT2D eigenvalue weighted by Crippen LogP contribution is 2.48. The minimum Gasteiger partial charge on any atom is -0.481 e. The van der Waals surface area contributed by atoms with E-state index < -0.39 is 11.9 Å². The number of carboxylic acid groups (broad SMARTS) is 1. The van der Waals surface area contributed by atoms with Crippen LogP contribution in [-0.4, -0.2) is 29.1 Å². The van der Waals surface area contributed by atoms with E-state index in [1.807, 2.05) is 13.8 Å². The van der Waals surface area contributed by atoms with Crippen molar-refractivity contribution in [2.75, 3.05) is 0 Å². The molecule has 0 heterocycles. The largest absolute Gasteiger partial charge is 0.481 e. The maximum atomic E-state index is 12.0. The molecule has 2 rings (SSSR count). The van der Waals surface area contributed by atoms with Gasteiger partial charge in [-0.05, 0) is 37.0 Å². The maximum Gasteiger partial charge on any atom is 0.308 e. The average Bonchev–Trinajstić information content (AvgIpc) is 2.88.